The highest BCUT2D eigenvalue weighted by Gasteiger charge is 2.27. The molecule has 2 N–H and O–H groups in total. The number of carbonyl (C=O) groups excluding carboxylic acids is 1. The molecule has 1 saturated heterocycles. The number of hydrogen-bond donors (Lipinski definition) is 1. The Morgan fingerprint density at radius 3 is 2.86 bits per heavy atom. The molecule has 2 heterocycles. The van der Waals surface area contributed by atoms with Crippen molar-refractivity contribution in [2.45, 2.75) is 20.3 Å². The van der Waals surface area contributed by atoms with Crippen LogP contribution in [0.1, 0.15) is 20.3 Å². The third-order valence-corrected chi connectivity index (χ3v) is 3.56. The highest BCUT2D eigenvalue weighted by Crippen LogP contribution is 2.24. The lowest BCUT2D eigenvalue weighted by Gasteiger charge is -2.17. The van der Waals surface area contributed by atoms with Gasteiger partial charge in [-0.05, 0) is 38.5 Å². The van der Waals surface area contributed by atoms with Crippen LogP contribution >= 0.6 is 11.6 Å². The number of halogens is 1. The van der Waals surface area contributed by atoms with Gasteiger partial charge in [0.2, 0.25) is 11.8 Å². The number of hydrogen-bond acceptors (Lipinski definition) is 4. The van der Waals surface area contributed by atoms with E-state index in [0.717, 1.165) is 18.8 Å². The van der Waals surface area contributed by atoms with Crippen molar-refractivity contribution in [2.75, 3.05) is 18.0 Å². The molecule has 0 spiro atoms. The number of aromatic nitrogens is 1. The Morgan fingerprint density at radius 1 is 1.45 bits per heavy atom. The van der Waals surface area contributed by atoms with Gasteiger partial charge >= 0.3 is 0 Å². The molecule has 1 aliphatic rings. The summed E-state index contributed by atoms with van der Waals surface area (Å²) in [5, 5.41) is 0.680. The Kier molecular flexibility index (Phi) is 5.44. The molecule has 0 aromatic carbocycles. The zero-order valence-corrected chi connectivity index (χ0v) is 13.5. The molecule has 6 heteroatoms. The molecule has 0 aliphatic carbocycles. The van der Waals surface area contributed by atoms with Gasteiger partial charge in [-0.1, -0.05) is 17.7 Å². The van der Waals surface area contributed by atoms with Crippen LogP contribution in [0.5, 0.6) is 5.88 Å². The van der Waals surface area contributed by atoms with E-state index in [1.165, 1.54) is 0 Å². The highest BCUT2D eigenvalue weighted by atomic mass is 35.5. The van der Waals surface area contributed by atoms with Crippen molar-refractivity contribution < 1.29 is 9.53 Å². The topological polar surface area (TPSA) is 68.5 Å². The standard InChI is InChI=1S/C16H20ClN3O2/c1-11(17)6-7-12(2)22-15-5-3-4-14(19-15)20-9-8-13(10-20)16(18)21/h3-7,13H,8-10H2,1-2H3,(H2,18,21)/b11-6+,12-7+. The summed E-state index contributed by atoms with van der Waals surface area (Å²) < 4.78 is 5.67. The summed E-state index contributed by atoms with van der Waals surface area (Å²) in [6, 6.07) is 5.57. The molecule has 2 rings (SSSR count). The maximum Gasteiger partial charge on any atom is 0.222 e. The molecule has 22 heavy (non-hydrogen) atoms. The molecule has 1 unspecified atom stereocenters. The minimum atomic E-state index is -0.253. The van der Waals surface area contributed by atoms with Crippen molar-refractivity contribution in [3.63, 3.8) is 0 Å². The Morgan fingerprint density at radius 2 is 2.23 bits per heavy atom. The van der Waals surface area contributed by atoms with E-state index in [9.17, 15) is 4.79 Å². The van der Waals surface area contributed by atoms with Gasteiger partial charge in [0.25, 0.3) is 0 Å². The van der Waals surface area contributed by atoms with Crippen LogP contribution in [-0.4, -0.2) is 24.0 Å². The number of ether oxygens (including phenoxy) is 1. The normalized spacial score (nSPS) is 19.4. The van der Waals surface area contributed by atoms with Gasteiger partial charge in [-0.2, -0.15) is 4.98 Å². The van der Waals surface area contributed by atoms with E-state index in [2.05, 4.69) is 4.98 Å². The Hall–Kier alpha value is -2.01. The molecule has 1 aromatic rings. The molecule has 1 aliphatic heterocycles. The van der Waals surface area contributed by atoms with Crippen LogP contribution in [0.3, 0.4) is 0 Å². The molecular weight excluding hydrogens is 302 g/mol. The maximum absolute atomic E-state index is 11.2. The summed E-state index contributed by atoms with van der Waals surface area (Å²) in [7, 11) is 0. The van der Waals surface area contributed by atoms with Crippen LogP contribution < -0.4 is 15.4 Å². The Balaban J connectivity index is 2.06. The zero-order valence-electron chi connectivity index (χ0n) is 12.8. The molecule has 118 valence electrons. The first-order valence-corrected chi connectivity index (χ1v) is 7.53. The van der Waals surface area contributed by atoms with Crippen LogP contribution in [0.15, 0.2) is 41.1 Å². The van der Waals surface area contributed by atoms with Crippen LogP contribution in [0.25, 0.3) is 0 Å². The number of anilines is 1. The van der Waals surface area contributed by atoms with Crippen molar-refractivity contribution in [2.24, 2.45) is 11.7 Å². The van der Waals surface area contributed by atoms with Gasteiger partial charge in [-0.3, -0.25) is 4.79 Å². The lowest BCUT2D eigenvalue weighted by Crippen LogP contribution is -2.27. The zero-order chi connectivity index (χ0) is 16.1. The monoisotopic (exact) mass is 321 g/mol. The summed E-state index contributed by atoms with van der Waals surface area (Å²) >= 11 is 5.78. The molecule has 1 amide bonds. The Bertz CT molecular complexity index is 609. The number of nitrogens with zero attached hydrogens (tertiary/aromatic N) is 2. The van der Waals surface area contributed by atoms with Gasteiger partial charge in [0.1, 0.15) is 11.6 Å². The average Bonchev–Trinajstić information content (AvgIpc) is 2.95. The predicted molar refractivity (Wildman–Crippen MR) is 87.7 cm³/mol. The fraction of sp³-hybridized carbons (Fsp3) is 0.375. The second-order valence-electron chi connectivity index (χ2n) is 5.30. The quantitative estimate of drug-likeness (QED) is 0.669. The van der Waals surface area contributed by atoms with Gasteiger partial charge < -0.3 is 15.4 Å². The number of nitrogens with two attached hydrogens (primary N) is 1. The molecule has 1 atom stereocenters. The maximum atomic E-state index is 11.2. The minimum Gasteiger partial charge on any atom is -0.444 e. The third-order valence-electron chi connectivity index (χ3n) is 3.44. The lowest BCUT2D eigenvalue weighted by molar-refractivity contribution is -0.121. The van der Waals surface area contributed by atoms with Gasteiger partial charge in [-0.15, -0.1) is 0 Å². The summed E-state index contributed by atoms with van der Waals surface area (Å²) in [4.78, 5) is 17.8. The smallest absolute Gasteiger partial charge is 0.222 e. The third kappa shape index (κ3) is 4.49. The molecular formula is C16H20ClN3O2. The molecule has 0 radical (unpaired) electrons. The van der Waals surface area contributed by atoms with Crippen molar-refractivity contribution in [1.29, 1.82) is 0 Å². The fourth-order valence-electron chi connectivity index (χ4n) is 2.27. The predicted octanol–water partition coefficient (Wildman–Crippen LogP) is 2.82. The van der Waals surface area contributed by atoms with Gasteiger partial charge in [0.15, 0.2) is 0 Å². The van der Waals surface area contributed by atoms with Gasteiger partial charge in [-0.25, -0.2) is 0 Å². The van der Waals surface area contributed by atoms with E-state index in [1.54, 1.807) is 25.1 Å². The first-order valence-electron chi connectivity index (χ1n) is 7.15. The molecule has 1 fully saturated rings. The first-order chi connectivity index (χ1) is 10.5. The Labute approximate surface area is 135 Å². The largest absolute Gasteiger partial charge is 0.444 e. The SMILES string of the molecule is C/C(Cl)=C\C=C(/C)Oc1cccc(N2CCC(C(N)=O)C2)n1. The van der Waals surface area contributed by atoms with Crippen LogP contribution in [-0.2, 0) is 4.79 Å². The molecule has 1 aromatic heterocycles. The minimum absolute atomic E-state index is 0.107. The van der Waals surface area contributed by atoms with Crippen LogP contribution in [0.2, 0.25) is 0 Å². The molecule has 0 saturated carbocycles. The average molecular weight is 322 g/mol. The lowest BCUT2D eigenvalue weighted by atomic mass is 10.1. The second-order valence-corrected chi connectivity index (χ2v) is 5.90. The van der Waals surface area contributed by atoms with E-state index in [4.69, 9.17) is 22.1 Å². The van der Waals surface area contributed by atoms with E-state index >= 15 is 0 Å². The summed E-state index contributed by atoms with van der Waals surface area (Å²) in [5.41, 5.74) is 5.36. The van der Waals surface area contributed by atoms with Crippen molar-refractivity contribution in [3.8, 4) is 5.88 Å². The number of rotatable bonds is 5. The number of pyridine rings is 1. The van der Waals surface area contributed by atoms with Crippen LogP contribution in [0, 0.1) is 5.92 Å². The van der Waals surface area contributed by atoms with Gasteiger partial charge in [0.05, 0.1) is 5.92 Å². The first kappa shape index (κ1) is 16.4. The van der Waals surface area contributed by atoms with E-state index in [1.807, 2.05) is 24.0 Å². The van der Waals surface area contributed by atoms with Crippen molar-refractivity contribution in [3.05, 3.63) is 41.1 Å². The van der Waals surface area contributed by atoms with Crippen LogP contribution in [0.4, 0.5) is 5.82 Å². The van der Waals surface area contributed by atoms with Crippen molar-refractivity contribution in [1.82, 2.24) is 4.98 Å². The summed E-state index contributed by atoms with van der Waals surface area (Å²) in [6.45, 7) is 5.01. The number of carbonyl (C=O) groups is 1. The van der Waals surface area contributed by atoms with Gasteiger partial charge in [0, 0.05) is 24.2 Å². The second kappa shape index (κ2) is 7.31. The van der Waals surface area contributed by atoms with Crippen molar-refractivity contribution >= 4 is 23.3 Å². The fourth-order valence-corrected chi connectivity index (χ4v) is 2.33. The molecule has 0 bridgehead atoms. The van der Waals surface area contributed by atoms with E-state index < -0.39 is 0 Å². The number of allylic oxidation sites excluding steroid dienone is 4. The number of primary amides is 1. The van der Waals surface area contributed by atoms with E-state index in [-0.39, 0.29) is 11.8 Å². The molecule has 5 nitrogen and oxygen atoms in total. The highest BCUT2D eigenvalue weighted by molar-refractivity contribution is 6.29. The number of amides is 1. The van der Waals surface area contributed by atoms with E-state index in [0.29, 0.717) is 23.2 Å². The summed E-state index contributed by atoms with van der Waals surface area (Å²) in [5.74, 6) is 1.63. The summed E-state index contributed by atoms with van der Waals surface area (Å²) in [6.07, 6.45) is 4.31.